The molecule has 1 aliphatic rings. The van der Waals surface area contributed by atoms with Crippen LogP contribution < -0.4 is 0 Å². The molecule has 0 spiro atoms. The van der Waals surface area contributed by atoms with E-state index in [1.54, 1.807) is 0 Å². The van der Waals surface area contributed by atoms with Gasteiger partial charge in [0.2, 0.25) is 0 Å². The van der Waals surface area contributed by atoms with Crippen LogP contribution in [0, 0.1) is 11.8 Å². The van der Waals surface area contributed by atoms with Gasteiger partial charge in [-0.05, 0) is 71.6 Å². The highest BCUT2D eigenvalue weighted by molar-refractivity contribution is 5.62. The van der Waals surface area contributed by atoms with Gasteiger partial charge in [-0.25, -0.2) is 0 Å². The first-order valence-corrected chi connectivity index (χ1v) is 10.1. The third-order valence-electron chi connectivity index (χ3n) is 5.58. The Hall–Kier alpha value is -2.26. The van der Waals surface area contributed by atoms with Crippen LogP contribution in [0.3, 0.4) is 0 Å². The third-order valence-corrected chi connectivity index (χ3v) is 5.58. The summed E-state index contributed by atoms with van der Waals surface area (Å²) in [7, 11) is 0. The molecule has 0 nitrogen and oxygen atoms in total. The van der Waals surface area contributed by atoms with Gasteiger partial charge in [-0.1, -0.05) is 83.7 Å². The van der Waals surface area contributed by atoms with Crippen LogP contribution in [0.1, 0.15) is 89.1 Å². The topological polar surface area (TPSA) is 0 Å². The van der Waals surface area contributed by atoms with Crippen LogP contribution in [-0.4, -0.2) is 0 Å². The highest BCUT2D eigenvalue weighted by Gasteiger charge is 2.36. The minimum atomic E-state index is 0.228. The third kappa shape index (κ3) is 4.72. The molecule has 0 unspecified atom stereocenters. The van der Waals surface area contributed by atoms with Crippen LogP contribution in [0.5, 0.6) is 0 Å². The molecule has 2 aromatic rings. The minimum Gasteiger partial charge on any atom is -0.0955 e. The molecule has 1 aliphatic carbocycles. The van der Waals surface area contributed by atoms with Crippen molar-refractivity contribution in [1.82, 2.24) is 0 Å². The molecule has 0 aliphatic heterocycles. The lowest BCUT2D eigenvalue weighted by Gasteiger charge is -2.41. The van der Waals surface area contributed by atoms with Gasteiger partial charge in [0.15, 0.2) is 0 Å². The van der Waals surface area contributed by atoms with E-state index in [0.29, 0.717) is 0 Å². The van der Waals surface area contributed by atoms with Crippen LogP contribution in [-0.2, 0) is 10.8 Å². The lowest BCUT2D eigenvalue weighted by molar-refractivity contribution is 0.332. The predicted octanol–water partition coefficient (Wildman–Crippen LogP) is 7.49. The van der Waals surface area contributed by atoms with Crippen molar-refractivity contribution in [2.45, 2.75) is 72.1 Å². The minimum absolute atomic E-state index is 0.228. The molecule has 0 heterocycles. The zero-order chi connectivity index (χ0) is 20.2. The number of benzene rings is 2. The molecule has 0 bridgehead atoms. The SMILES string of the molecule is C=C(C)c1ccc(C#Cc2ccc3c(c2)C(C)(C)CCC3(C)C)cc1.CC. The Morgan fingerprint density at radius 1 is 0.778 bits per heavy atom. The Morgan fingerprint density at radius 3 is 1.81 bits per heavy atom. The Bertz CT molecular complexity index is 864. The summed E-state index contributed by atoms with van der Waals surface area (Å²) >= 11 is 0. The van der Waals surface area contributed by atoms with Gasteiger partial charge < -0.3 is 0 Å². The number of rotatable bonds is 1. The Labute approximate surface area is 166 Å². The van der Waals surface area contributed by atoms with Gasteiger partial charge in [0.1, 0.15) is 0 Å². The molecule has 27 heavy (non-hydrogen) atoms. The van der Waals surface area contributed by atoms with Crippen molar-refractivity contribution in [3.63, 3.8) is 0 Å². The van der Waals surface area contributed by atoms with E-state index in [4.69, 9.17) is 0 Å². The number of fused-ring (bicyclic) bond motifs is 1. The first-order valence-electron chi connectivity index (χ1n) is 10.1. The number of hydrogen-bond acceptors (Lipinski definition) is 0. The molecule has 0 N–H and O–H groups in total. The molecule has 0 amide bonds. The summed E-state index contributed by atoms with van der Waals surface area (Å²) < 4.78 is 0. The highest BCUT2D eigenvalue weighted by atomic mass is 14.4. The molecule has 0 saturated heterocycles. The zero-order valence-electron chi connectivity index (χ0n) is 18.2. The highest BCUT2D eigenvalue weighted by Crippen LogP contribution is 2.45. The normalized spacial score (nSPS) is 16.1. The first-order chi connectivity index (χ1) is 12.7. The molecule has 0 saturated carbocycles. The standard InChI is InChI=1S/C25H28.C2H6/c1-18(2)21-12-9-19(10-13-21)7-8-20-11-14-22-23(17-20)25(5,6)16-15-24(22,3)4;1-2/h9-14,17H,1,15-16H2,2-6H3;1-2H3. The van der Waals surface area contributed by atoms with Gasteiger partial charge in [-0.3, -0.25) is 0 Å². The van der Waals surface area contributed by atoms with E-state index in [-0.39, 0.29) is 10.8 Å². The second kappa shape index (κ2) is 8.18. The molecule has 0 radical (unpaired) electrons. The molecule has 142 valence electrons. The zero-order valence-corrected chi connectivity index (χ0v) is 18.2. The molecule has 0 aromatic heterocycles. The fraction of sp³-hybridized carbons (Fsp3) is 0.407. The van der Waals surface area contributed by atoms with E-state index >= 15 is 0 Å². The van der Waals surface area contributed by atoms with Crippen LogP contribution in [0.4, 0.5) is 0 Å². The molecule has 3 rings (SSSR count). The van der Waals surface area contributed by atoms with Crippen molar-refractivity contribution in [3.05, 3.63) is 76.9 Å². The summed E-state index contributed by atoms with van der Waals surface area (Å²) in [6.07, 6.45) is 2.47. The van der Waals surface area contributed by atoms with E-state index in [1.807, 2.05) is 20.8 Å². The van der Waals surface area contributed by atoms with Crippen molar-refractivity contribution in [3.8, 4) is 11.8 Å². The van der Waals surface area contributed by atoms with E-state index in [0.717, 1.165) is 16.7 Å². The Balaban J connectivity index is 0.00000126. The van der Waals surface area contributed by atoms with E-state index < -0.39 is 0 Å². The van der Waals surface area contributed by atoms with Crippen molar-refractivity contribution < 1.29 is 0 Å². The lowest BCUT2D eigenvalue weighted by Crippen LogP contribution is -2.33. The van der Waals surface area contributed by atoms with E-state index in [1.165, 1.54) is 29.5 Å². The van der Waals surface area contributed by atoms with Crippen molar-refractivity contribution in [1.29, 1.82) is 0 Å². The summed E-state index contributed by atoms with van der Waals surface area (Å²) in [4.78, 5) is 0. The maximum Gasteiger partial charge on any atom is 0.0252 e. The molecular formula is C27H34. The largest absolute Gasteiger partial charge is 0.0955 e. The lowest BCUT2D eigenvalue weighted by atomic mass is 9.63. The van der Waals surface area contributed by atoms with Crippen LogP contribution in [0.25, 0.3) is 5.57 Å². The summed E-state index contributed by atoms with van der Waals surface area (Å²) in [5.41, 5.74) is 7.84. The van der Waals surface area contributed by atoms with Crippen molar-refractivity contribution in [2.75, 3.05) is 0 Å². The summed E-state index contributed by atoms with van der Waals surface area (Å²) in [5, 5.41) is 0. The predicted molar refractivity (Wildman–Crippen MR) is 120 cm³/mol. The van der Waals surface area contributed by atoms with E-state index in [9.17, 15) is 0 Å². The summed E-state index contributed by atoms with van der Waals surface area (Å²) in [6, 6.07) is 15.1. The molecule has 2 aromatic carbocycles. The fourth-order valence-electron chi connectivity index (χ4n) is 3.65. The number of allylic oxidation sites excluding steroid dienone is 1. The molecular weight excluding hydrogens is 324 g/mol. The van der Waals surface area contributed by atoms with Crippen LogP contribution in [0.15, 0.2) is 49.0 Å². The van der Waals surface area contributed by atoms with Crippen LogP contribution >= 0.6 is 0 Å². The van der Waals surface area contributed by atoms with E-state index in [2.05, 4.69) is 88.6 Å². The fourth-order valence-corrected chi connectivity index (χ4v) is 3.65. The van der Waals surface area contributed by atoms with Crippen molar-refractivity contribution >= 4 is 5.57 Å². The Kier molecular flexibility index (Phi) is 6.38. The second-order valence-electron chi connectivity index (χ2n) is 8.64. The Morgan fingerprint density at radius 2 is 1.26 bits per heavy atom. The van der Waals surface area contributed by atoms with Gasteiger partial charge in [0.05, 0.1) is 0 Å². The average Bonchev–Trinajstić information content (AvgIpc) is 2.66. The molecule has 0 fully saturated rings. The van der Waals surface area contributed by atoms with Gasteiger partial charge in [0.25, 0.3) is 0 Å². The summed E-state index contributed by atoms with van der Waals surface area (Å²) in [6.45, 7) is 19.4. The monoisotopic (exact) mass is 358 g/mol. The van der Waals surface area contributed by atoms with Gasteiger partial charge in [0, 0.05) is 11.1 Å². The smallest absolute Gasteiger partial charge is 0.0252 e. The maximum atomic E-state index is 3.98. The van der Waals surface area contributed by atoms with Gasteiger partial charge >= 0.3 is 0 Å². The first kappa shape index (κ1) is 21.0. The van der Waals surface area contributed by atoms with Crippen molar-refractivity contribution in [2.24, 2.45) is 0 Å². The molecule has 0 heteroatoms. The maximum absolute atomic E-state index is 3.98. The molecule has 0 atom stereocenters. The summed E-state index contributed by atoms with van der Waals surface area (Å²) in [5.74, 6) is 6.65. The number of hydrogen-bond donors (Lipinski definition) is 0. The average molecular weight is 359 g/mol. The second-order valence-corrected chi connectivity index (χ2v) is 8.64. The van der Waals surface area contributed by atoms with Crippen LogP contribution in [0.2, 0.25) is 0 Å². The van der Waals surface area contributed by atoms with Gasteiger partial charge in [-0.2, -0.15) is 0 Å². The van der Waals surface area contributed by atoms with Gasteiger partial charge in [-0.15, -0.1) is 0 Å². The quantitative estimate of drug-likeness (QED) is 0.463.